The molecule has 0 aliphatic heterocycles. The van der Waals surface area contributed by atoms with Crippen LogP contribution in [0.3, 0.4) is 0 Å². The molecule has 0 saturated carbocycles. The van der Waals surface area contributed by atoms with Crippen molar-refractivity contribution in [2.24, 2.45) is 11.7 Å². The number of anilines is 1. The molecule has 0 saturated heterocycles. The molecule has 4 N–H and O–H groups in total. The fourth-order valence-corrected chi connectivity index (χ4v) is 4.73. The molecule has 1 aliphatic rings. The summed E-state index contributed by atoms with van der Waals surface area (Å²) in [7, 11) is 0. The number of fused-ring (bicyclic) bond motifs is 1. The second-order valence-electron chi connectivity index (χ2n) is 6.31. The molecule has 3 rings (SSSR count). The van der Waals surface area contributed by atoms with Gasteiger partial charge in [-0.3, -0.25) is 14.9 Å². The molecule has 1 atom stereocenters. The van der Waals surface area contributed by atoms with E-state index in [4.69, 9.17) is 18.0 Å². The summed E-state index contributed by atoms with van der Waals surface area (Å²) in [5.74, 6) is -1.27. The number of carbonyl (C=O) groups is 2. The fraction of sp³-hybridized carbons (Fsp3) is 0.278. The zero-order valence-electron chi connectivity index (χ0n) is 14.1. The number of nitrogens with one attached hydrogen (secondary N) is 2. The Bertz CT molecular complexity index is 895. The first kappa shape index (κ1) is 18.5. The normalized spacial score (nSPS) is 15.8. The number of primary amides is 1. The summed E-state index contributed by atoms with van der Waals surface area (Å²) in [6, 6.07) is 5.63. The first-order valence-electron chi connectivity index (χ1n) is 8.18. The van der Waals surface area contributed by atoms with Crippen LogP contribution in [-0.4, -0.2) is 16.9 Å². The summed E-state index contributed by atoms with van der Waals surface area (Å²) >= 11 is 6.58. The molecule has 0 spiro atoms. The van der Waals surface area contributed by atoms with Crippen molar-refractivity contribution in [2.75, 3.05) is 5.32 Å². The van der Waals surface area contributed by atoms with Crippen molar-refractivity contribution in [3.8, 4) is 0 Å². The summed E-state index contributed by atoms with van der Waals surface area (Å²) < 4.78 is 13.7. The molecule has 1 aliphatic carbocycles. The van der Waals surface area contributed by atoms with Crippen molar-refractivity contribution in [1.29, 1.82) is 0 Å². The fourth-order valence-electron chi connectivity index (χ4n) is 3.05. The van der Waals surface area contributed by atoms with Gasteiger partial charge in [-0.25, -0.2) is 4.39 Å². The van der Waals surface area contributed by atoms with Gasteiger partial charge in [-0.05, 0) is 55.1 Å². The second-order valence-corrected chi connectivity index (χ2v) is 7.82. The smallest absolute Gasteiger partial charge is 0.260 e. The Morgan fingerprint density at radius 2 is 2.08 bits per heavy atom. The number of amides is 2. The Labute approximate surface area is 159 Å². The minimum absolute atomic E-state index is 0.00704. The van der Waals surface area contributed by atoms with E-state index in [1.807, 2.05) is 0 Å². The van der Waals surface area contributed by atoms with Gasteiger partial charge in [0.05, 0.1) is 11.1 Å². The number of carbonyl (C=O) groups excluding carboxylic acids is 2. The van der Waals surface area contributed by atoms with Gasteiger partial charge >= 0.3 is 0 Å². The summed E-state index contributed by atoms with van der Waals surface area (Å²) in [6.45, 7) is 2.17. The Morgan fingerprint density at radius 3 is 2.77 bits per heavy atom. The van der Waals surface area contributed by atoms with E-state index in [2.05, 4.69) is 17.6 Å². The van der Waals surface area contributed by atoms with Crippen LogP contribution >= 0.6 is 23.6 Å². The largest absolute Gasteiger partial charge is 0.365 e. The average Bonchev–Trinajstić information content (AvgIpc) is 2.91. The molecule has 1 aromatic heterocycles. The van der Waals surface area contributed by atoms with Crippen LogP contribution in [0.5, 0.6) is 0 Å². The lowest BCUT2D eigenvalue weighted by Gasteiger charge is -2.18. The summed E-state index contributed by atoms with van der Waals surface area (Å²) in [4.78, 5) is 25.2. The van der Waals surface area contributed by atoms with Gasteiger partial charge in [-0.2, -0.15) is 0 Å². The predicted octanol–water partition coefficient (Wildman–Crippen LogP) is 3.24. The van der Waals surface area contributed by atoms with Gasteiger partial charge in [0.25, 0.3) is 11.8 Å². The molecule has 2 amide bonds. The van der Waals surface area contributed by atoms with Crippen molar-refractivity contribution in [3.05, 3.63) is 51.7 Å². The highest BCUT2D eigenvalue weighted by atomic mass is 32.1. The van der Waals surface area contributed by atoms with Crippen LogP contribution < -0.4 is 16.4 Å². The maximum atomic E-state index is 13.7. The Kier molecular flexibility index (Phi) is 5.33. The third-order valence-corrected chi connectivity index (χ3v) is 5.70. The van der Waals surface area contributed by atoms with Gasteiger partial charge in [0.2, 0.25) is 0 Å². The van der Waals surface area contributed by atoms with Crippen LogP contribution in [0.2, 0.25) is 0 Å². The molecule has 1 unspecified atom stereocenters. The molecular weight excluding hydrogens is 373 g/mol. The third kappa shape index (κ3) is 3.76. The molecule has 2 aromatic rings. The van der Waals surface area contributed by atoms with E-state index in [-0.39, 0.29) is 10.7 Å². The van der Waals surface area contributed by atoms with E-state index in [1.165, 1.54) is 29.5 Å². The van der Waals surface area contributed by atoms with Crippen molar-refractivity contribution in [3.63, 3.8) is 0 Å². The summed E-state index contributed by atoms with van der Waals surface area (Å²) in [5, 5.41) is 5.83. The summed E-state index contributed by atoms with van der Waals surface area (Å²) in [5.41, 5.74) is 6.84. The van der Waals surface area contributed by atoms with Crippen LogP contribution in [-0.2, 0) is 12.8 Å². The SMILES string of the molecule is CC1CCc2c(sc(NC(=S)NC(=O)c3ccccc3F)c2C(N)=O)C1. The average molecular weight is 391 g/mol. The van der Waals surface area contributed by atoms with Crippen LogP contribution in [0.4, 0.5) is 9.39 Å². The van der Waals surface area contributed by atoms with Crippen LogP contribution in [0, 0.1) is 11.7 Å². The number of rotatable bonds is 3. The van der Waals surface area contributed by atoms with E-state index >= 15 is 0 Å². The monoisotopic (exact) mass is 391 g/mol. The van der Waals surface area contributed by atoms with Gasteiger partial charge in [0, 0.05) is 4.88 Å². The van der Waals surface area contributed by atoms with Gasteiger partial charge < -0.3 is 11.1 Å². The number of benzene rings is 1. The van der Waals surface area contributed by atoms with Crippen LogP contribution in [0.25, 0.3) is 0 Å². The number of halogens is 1. The molecule has 1 aromatic carbocycles. The number of hydrogen-bond donors (Lipinski definition) is 3. The van der Waals surface area contributed by atoms with Gasteiger partial charge in [-0.15, -0.1) is 11.3 Å². The number of nitrogens with two attached hydrogens (primary N) is 1. The van der Waals surface area contributed by atoms with E-state index in [0.29, 0.717) is 16.5 Å². The van der Waals surface area contributed by atoms with E-state index in [0.717, 1.165) is 29.7 Å². The molecule has 5 nitrogen and oxygen atoms in total. The highest BCUT2D eigenvalue weighted by molar-refractivity contribution is 7.80. The number of thiocarbonyl (C=S) groups is 1. The van der Waals surface area contributed by atoms with E-state index in [9.17, 15) is 14.0 Å². The maximum absolute atomic E-state index is 13.7. The molecule has 8 heteroatoms. The second kappa shape index (κ2) is 7.51. The van der Waals surface area contributed by atoms with Gasteiger partial charge in [-0.1, -0.05) is 19.1 Å². The molecule has 26 heavy (non-hydrogen) atoms. The minimum Gasteiger partial charge on any atom is -0.365 e. The zero-order valence-corrected chi connectivity index (χ0v) is 15.7. The lowest BCUT2D eigenvalue weighted by atomic mass is 9.88. The van der Waals surface area contributed by atoms with Gasteiger partial charge in [0.1, 0.15) is 10.8 Å². The lowest BCUT2D eigenvalue weighted by molar-refractivity contribution is 0.0971. The molecule has 1 heterocycles. The third-order valence-electron chi connectivity index (χ3n) is 4.33. The first-order valence-corrected chi connectivity index (χ1v) is 9.40. The Balaban J connectivity index is 1.78. The minimum atomic E-state index is -0.656. The van der Waals surface area contributed by atoms with Crippen LogP contribution in [0.1, 0.15) is 44.5 Å². The standard InChI is InChI=1S/C18H18FN3O2S2/c1-9-6-7-11-13(8-9)26-17(14(11)15(20)23)22-18(25)21-16(24)10-4-2-3-5-12(10)19/h2-5,9H,6-8H2,1H3,(H2,20,23)(H2,21,22,24,25). The maximum Gasteiger partial charge on any atom is 0.260 e. The molecule has 0 fully saturated rings. The zero-order chi connectivity index (χ0) is 18.8. The molecule has 136 valence electrons. The Morgan fingerprint density at radius 1 is 1.35 bits per heavy atom. The Hall–Kier alpha value is -2.32. The highest BCUT2D eigenvalue weighted by Gasteiger charge is 2.27. The molecular formula is C18H18FN3O2S2. The first-order chi connectivity index (χ1) is 12.4. The van der Waals surface area contributed by atoms with Gasteiger partial charge in [0.15, 0.2) is 5.11 Å². The quantitative estimate of drug-likeness (QED) is 0.702. The van der Waals surface area contributed by atoms with Crippen molar-refractivity contribution < 1.29 is 14.0 Å². The number of thiophene rings is 1. The van der Waals surface area contributed by atoms with E-state index in [1.54, 1.807) is 6.07 Å². The topological polar surface area (TPSA) is 84.2 Å². The van der Waals surface area contributed by atoms with Crippen molar-refractivity contribution in [1.82, 2.24) is 5.32 Å². The van der Waals surface area contributed by atoms with Crippen molar-refractivity contribution in [2.45, 2.75) is 26.2 Å². The molecule has 0 bridgehead atoms. The highest BCUT2D eigenvalue weighted by Crippen LogP contribution is 2.39. The number of hydrogen-bond acceptors (Lipinski definition) is 4. The molecule has 0 radical (unpaired) electrons. The summed E-state index contributed by atoms with van der Waals surface area (Å²) in [6.07, 6.45) is 2.68. The van der Waals surface area contributed by atoms with Crippen molar-refractivity contribution >= 4 is 45.5 Å². The van der Waals surface area contributed by atoms with E-state index < -0.39 is 17.6 Å². The van der Waals surface area contributed by atoms with Crippen LogP contribution in [0.15, 0.2) is 24.3 Å². The predicted molar refractivity (Wildman–Crippen MR) is 104 cm³/mol. The lowest BCUT2D eigenvalue weighted by Crippen LogP contribution is -2.34.